The number of anilines is 1. The lowest BCUT2D eigenvalue weighted by Gasteiger charge is -2.26. The maximum Gasteiger partial charge on any atom is 0.250 e. The SMILES string of the molecule is Cc1ccc(S(=O)(=O)NC[C@H]2CCCN2c2ccccc2)s1. The highest BCUT2D eigenvalue weighted by molar-refractivity contribution is 7.91. The monoisotopic (exact) mass is 336 g/mol. The third kappa shape index (κ3) is 3.34. The van der Waals surface area contributed by atoms with E-state index in [2.05, 4.69) is 21.8 Å². The Balaban J connectivity index is 1.68. The van der Waals surface area contributed by atoms with E-state index in [4.69, 9.17) is 0 Å². The van der Waals surface area contributed by atoms with E-state index in [0.717, 1.165) is 30.0 Å². The molecule has 1 fully saturated rings. The van der Waals surface area contributed by atoms with Crippen molar-refractivity contribution in [3.05, 3.63) is 47.3 Å². The summed E-state index contributed by atoms with van der Waals surface area (Å²) in [4.78, 5) is 3.30. The van der Waals surface area contributed by atoms with Crippen LogP contribution in [0.1, 0.15) is 17.7 Å². The number of nitrogens with zero attached hydrogens (tertiary/aromatic N) is 1. The Hall–Kier alpha value is -1.37. The van der Waals surface area contributed by atoms with Crippen molar-refractivity contribution in [3.8, 4) is 0 Å². The quantitative estimate of drug-likeness (QED) is 0.913. The molecule has 1 aliphatic rings. The van der Waals surface area contributed by atoms with Gasteiger partial charge in [-0.2, -0.15) is 0 Å². The molecule has 0 amide bonds. The Morgan fingerprint density at radius 3 is 2.68 bits per heavy atom. The summed E-state index contributed by atoms with van der Waals surface area (Å²) in [5.74, 6) is 0. The summed E-state index contributed by atoms with van der Waals surface area (Å²) in [6.45, 7) is 3.35. The molecule has 4 nitrogen and oxygen atoms in total. The lowest BCUT2D eigenvalue weighted by atomic mass is 10.2. The Labute approximate surface area is 135 Å². The molecule has 1 aromatic heterocycles. The molecule has 1 N–H and O–H groups in total. The van der Waals surface area contributed by atoms with E-state index in [-0.39, 0.29) is 6.04 Å². The van der Waals surface area contributed by atoms with Gasteiger partial charge in [0.05, 0.1) is 0 Å². The second-order valence-corrected chi connectivity index (χ2v) is 8.82. The predicted octanol–water partition coefficient (Wildman–Crippen LogP) is 3.00. The third-order valence-electron chi connectivity index (χ3n) is 3.95. The molecule has 1 atom stereocenters. The van der Waals surface area contributed by atoms with Gasteiger partial charge in [-0.15, -0.1) is 11.3 Å². The summed E-state index contributed by atoms with van der Waals surface area (Å²) < 4.78 is 27.8. The number of hydrogen-bond acceptors (Lipinski definition) is 4. The molecule has 2 heterocycles. The van der Waals surface area contributed by atoms with E-state index < -0.39 is 10.0 Å². The molecular weight excluding hydrogens is 316 g/mol. The van der Waals surface area contributed by atoms with Gasteiger partial charge in [-0.25, -0.2) is 13.1 Å². The second kappa shape index (κ2) is 6.40. The molecule has 2 aromatic rings. The fourth-order valence-electron chi connectivity index (χ4n) is 2.84. The minimum Gasteiger partial charge on any atom is -0.367 e. The van der Waals surface area contributed by atoms with Gasteiger partial charge < -0.3 is 4.90 Å². The molecule has 1 saturated heterocycles. The average molecular weight is 336 g/mol. The highest BCUT2D eigenvalue weighted by Crippen LogP contribution is 2.25. The van der Waals surface area contributed by atoms with Crippen molar-refractivity contribution in [1.29, 1.82) is 0 Å². The molecule has 6 heteroatoms. The largest absolute Gasteiger partial charge is 0.367 e. The van der Waals surface area contributed by atoms with E-state index in [1.54, 1.807) is 6.07 Å². The maximum absolute atomic E-state index is 12.3. The standard InChI is InChI=1S/C16H20N2O2S2/c1-13-9-10-16(21-13)22(19,20)17-12-15-8-5-11-18(15)14-6-3-2-4-7-14/h2-4,6-7,9-10,15,17H,5,8,11-12H2,1H3/t15-/m1/s1. The van der Waals surface area contributed by atoms with Crippen LogP contribution in [0.25, 0.3) is 0 Å². The second-order valence-electron chi connectivity index (χ2n) is 5.54. The number of rotatable bonds is 5. The first kappa shape index (κ1) is 15.5. The normalized spacial score (nSPS) is 18.8. The zero-order valence-corrected chi connectivity index (χ0v) is 14.2. The van der Waals surface area contributed by atoms with Crippen LogP contribution in [0.4, 0.5) is 5.69 Å². The minimum atomic E-state index is -3.39. The fourth-order valence-corrected chi connectivity index (χ4v) is 5.24. The van der Waals surface area contributed by atoms with Crippen LogP contribution in [0.3, 0.4) is 0 Å². The summed E-state index contributed by atoms with van der Waals surface area (Å²) in [6.07, 6.45) is 2.11. The zero-order valence-electron chi connectivity index (χ0n) is 12.5. The summed E-state index contributed by atoms with van der Waals surface area (Å²) in [5, 5.41) is 0. The van der Waals surface area contributed by atoms with Gasteiger partial charge >= 0.3 is 0 Å². The Bertz CT molecular complexity index is 726. The fraction of sp³-hybridized carbons (Fsp3) is 0.375. The van der Waals surface area contributed by atoms with Crippen LogP contribution in [0.2, 0.25) is 0 Å². The molecule has 0 aliphatic carbocycles. The number of aryl methyl sites for hydroxylation is 1. The van der Waals surface area contributed by atoms with Crippen molar-refractivity contribution < 1.29 is 8.42 Å². The Kier molecular flexibility index (Phi) is 4.52. The first-order valence-corrected chi connectivity index (χ1v) is 9.74. The van der Waals surface area contributed by atoms with Gasteiger partial charge in [0.15, 0.2) is 0 Å². The molecule has 0 saturated carbocycles. The zero-order chi connectivity index (χ0) is 15.6. The highest BCUT2D eigenvalue weighted by Gasteiger charge is 2.26. The van der Waals surface area contributed by atoms with Crippen molar-refractivity contribution in [3.63, 3.8) is 0 Å². The lowest BCUT2D eigenvalue weighted by molar-refractivity contribution is 0.569. The molecule has 3 rings (SSSR count). The van der Waals surface area contributed by atoms with Crippen LogP contribution < -0.4 is 9.62 Å². The molecule has 0 radical (unpaired) electrons. The van der Waals surface area contributed by atoms with E-state index in [0.29, 0.717) is 10.8 Å². The Morgan fingerprint density at radius 2 is 2.00 bits per heavy atom. The number of benzene rings is 1. The van der Waals surface area contributed by atoms with E-state index in [1.165, 1.54) is 11.3 Å². The van der Waals surface area contributed by atoms with E-state index in [9.17, 15) is 8.42 Å². The molecular formula is C16H20N2O2S2. The number of nitrogens with one attached hydrogen (secondary N) is 1. The van der Waals surface area contributed by atoms with Crippen LogP contribution in [-0.2, 0) is 10.0 Å². The van der Waals surface area contributed by atoms with Crippen LogP contribution in [-0.4, -0.2) is 27.5 Å². The van der Waals surface area contributed by atoms with Crippen LogP contribution in [0, 0.1) is 6.92 Å². The van der Waals surface area contributed by atoms with Crippen molar-refractivity contribution in [2.45, 2.75) is 30.0 Å². The van der Waals surface area contributed by atoms with Crippen LogP contribution in [0.5, 0.6) is 0 Å². The number of hydrogen-bond donors (Lipinski definition) is 1. The van der Waals surface area contributed by atoms with Crippen LogP contribution in [0.15, 0.2) is 46.7 Å². The number of para-hydroxylation sites is 1. The van der Waals surface area contributed by atoms with Gasteiger partial charge in [-0.3, -0.25) is 0 Å². The van der Waals surface area contributed by atoms with Gasteiger partial charge in [-0.1, -0.05) is 18.2 Å². The smallest absolute Gasteiger partial charge is 0.250 e. The van der Waals surface area contributed by atoms with Gasteiger partial charge in [-0.05, 0) is 44.0 Å². The van der Waals surface area contributed by atoms with Gasteiger partial charge in [0.2, 0.25) is 10.0 Å². The number of sulfonamides is 1. The maximum atomic E-state index is 12.3. The Morgan fingerprint density at radius 1 is 1.23 bits per heavy atom. The summed E-state index contributed by atoms with van der Waals surface area (Å²) in [6, 6.07) is 13.9. The van der Waals surface area contributed by atoms with E-state index >= 15 is 0 Å². The summed E-state index contributed by atoms with van der Waals surface area (Å²) >= 11 is 1.31. The van der Waals surface area contributed by atoms with Crippen molar-refractivity contribution >= 4 is 27.0 Å². The topological polar surface area (TPSA) is 49.4 Å². The minimum absolute atomic E-state index is 0.221. The predicted molar refractivity (Wildman–Crippen MR) is 91.1 cm³/mol. The molecule has 1 aliphatic heterocycles. The first-order valence-electron chi connectivity index (χ1n) is 7.44. The molecule has 1 aromatic carbocycles. The van der Waals surface area contributed by atoms with Crippen molar-refractivity contribution in [1.82, 2.24) is 4.72 Å². The van der Waals surface area contributed by atoms with Crippen molar-refractivity contribution in [2.75, 3.05) is 18.0 Å². The summed E-state index contributed by atoms with van der Waals surface area (Å²) in [7, 11) is -3.39. The molecule has 118 valence electrons. The molecule has 0 unspecified atom stereocenters. The lowest BCUT2D eigenvalue weighted by Crippen LogP contribution is -2.40. The average Bonchev–Trinajstić information content (AvgIpc) is 3.15. The molecule has 0 bridgehead atoms. The van der Waals surface area contributed by atoms with Gasteiger partial charge in [0.1, 0.15) is 4.21 Å². The van der Waals surface area contributed by atoms with Gasteiger partial charge in [0, 0.05) is 29.7 Å². The molecule has 22 heavy (non-hydrogen) atoms. The molecule has 0 spiro atoms. The van der Waals surface area contributed by atoms with E-state index in [1.807, 2.05) is 31.2 Å². The first-order chi connectivity index (χ1) is 10.6. The van der Waals surface area contributed by atoms with Gasteiger partial charge in [0.25, 0.3) is 0 Å². The number of thiophene rings is 1. The van der Waals surface area contributed by atoms with Crippen LogP contribution >= 0.6 is 11.3 Å². The highest BCUT2D eigenvalue weighted by atomic mass is 32.2. The summed E-state index contributed by atoms with van der Waals surface area (Å²) in [5.41, 5.74) is 1.16. The third-order valence-corrected chi connectivity index (χ3v) is 6.87. The van der Waals surface area contributed by atoms with Crippen molar-refractivity contribution in [2.24, 2.45) is 0 Å².